The summed E-state index contributed by atoms with van der Waals surface area (Å²) in [6.07, 6.45) is -1.51. The van der Waals surface area contributed by atoms with Crippen molar-refractivity contribution in [2.75, 3.05) is 0 Å². The summed E-state index contributed by atoms with van der Waals surface area (Å²) in [7, 11) is 0. The molecule has 2 rings (SSSR count). The first-order chi connectivity index (χ1) is 7.11. The number of rotatable bonds is 0. The highest BCUT2D eigenvalue weighted by Gasteiger charge is 2.10. The largest absolute Gasteiger partial charge is 0.463 e. The van der Waals surface area contributed by atoms with E-state index in [0.29, 0.717) is 0 Å². The average Bonchev–Trinajstić information content (AvgIpc) is 2.23. The minimum Gasteiger partial charge on any atom is -0.463 e. The Labute approximate surface area is 82.4 Å². The fraction of sp³-hybridized carbons (Fsp3) is 0. The quantitative estimate of drug-likeness (QED) is 0.644. The lowest BCUT2D eigenvalue weighted by atomic mass is 10.2. The highest BCUT2D eigenvalue weighted by molar-refractivity contribution is 5.82. The predicted octanol–water partition coefficient (Wildman–Crippen LogP) is 0.216. The van der Waals surface area contributed by atoms with Gasteiger partial charge in [-0.15, -0.1) is 4.68 Å². The van der Waals surface area contributed by atoms with E-state index in [2.05, 4.69) is 0 Å². The number of benzene rings is 1. The minimum absolute atomic E-state index is 0.0867. The molecule has 0 bridgehead atoms. The molecule has 6 nitrogen and oxygen atoms in total. The molecule has 0 amide bonds. The Balaban J connectivity index is 3.04. The Morgan fingerprint density at radius 1 is 1.20 bits per heavy atom. The van der Waals surface area contributed by atoms with Crippen LogP contribution in [0.2, 0.25) is 0 Å². The monoisotopic (exact) mass is 206 g/mol. The van der Waals surface area contributed by atoms with E-state index in [9.17, 15) is 14.4 Å². The molecule has 0 fully saturated rings. The minimum atomic E-state index is -1.51. The van der Waals surface area contributed by atoms with Crippen molar-refractivity contribution in [3.05, 3.63) is 45.0 Å². The van der Waals surface area contributed by atoms with Crippen LogP contribution < -0.4 is 11.1 Å². The van der Waals surface area contributed by atoms with Crippen LogP contribution in [0.5, 0.6) is 0 Å². The van der Waals surface area contributed by atoms with Crippen LogP contribution in [0.3, 0.4) is 0 Å². The molecule has 0 aliphatic carbocycles. The van der Waals surface area contributed by atoms with Crippen molar-refractivity contribution < 1.29 is 9.90 Å². The smallest absolute Gasteiger partial charge is 0.433 e. The van der Waals surface area contributed by atoms with Gasteiger partial charge in [-0.1, -0.05) is 12.1 Å². The van der Waals surface area contributed by atoms with Gasteiger partial charge in [0.1, 0.15) is 0 Å². The van der Waals surface area contributed by atoms with Crippen molar-refractivity contribution in [3.63, 3.8) is 0 Å². The second kappa shape index (κ2) is 3.09. The molecule has 2 N–H and O–H groups in total. The third-order valence-corrected chi connectivity index (χ3v) is 2.01. The van der Waals surface area contributed by atoms with Gasteiger partial charge in [-0.05, 0) is 12.1 Å². The molecule has 6 heteroatoms. The molecule has 0 saturated carbocycles. The molecule has 1 aromatic heterocycles. The maximum atomic E-state index is 11.5. The number of hydrogen-bond acceptors (Lipinski definition) is 3. The number of carbonyl (C=O) groups is 1. The van der Waals surface area contributed by atoms with Crippen molar-refractivity contribution in [1.29, 1.82) is 0 Å². The SMILES string of the molecule is O=C(O)n1[nH]c(=O)c2ccccc2c1=O. The standard InChI is InChI=1S/C9H6N2O4/c12-7-5-3-1-2-4-6(5)8(13)11(10-7)9(14)15/h1-4H,(H,10,12)(H,14,15). The highest BCUT2D eigenvalue weighted by Crippen LogP contribution is 2.01. The van der Waals surface area contributed by atoms with Crippen LogP contribution in [0.4, 0.5) is 4.79 Å². The molecule has 0 saturated heterocycles. The highest BCUT2D eigenvalue weighted by atomic mass is 16.4. The summed E-state index contributed by atoms with van der Waals surface area (Å²) < 4.78 is 0.269. The zero-order valence-corrected chi connectivity index (χ0v) is 7.43. The van der Waals surface area contributed by atoms with Gasteiger partial charge in [0.15, 0.2) is 0 Å². The lowest BCUT2D eigenvalue weighted by Crippen LogP contribution is -2.33. The summed E-state index contributed by atoms with van der Waals surface area (Å²) in [4.78, 5) is 33.5. The second-order valence-electron chi connectivity index (χ2n) is 2.91. The van der Waals surface area contributed by atoms with E-state index in [-0.39, 0.29) is 15.5 Å². The van der Waals surface area contributed by atoms with E-state index >= 15 is 0 Å². The van der Waals surface area contributed by atoms with E-state index in [1.807, 2.05) is 5.10 Å². The number of hydrogen-bond donors (Lipinski definition) is 2. The Morgan fingerprint density at radius 3 is 2.40 bits per heavy atom. The van der Waals surface area contributed by atoms with Gasteiger partial charge in [0.05, 0.1) is 10.8 Å². The zero-order valence-electron chi connectivity index (χ0n) is 7.43. The average molecular weight is 206 g/mol. The summed E-state index contributed by atoms with van der Waals surface area (Å²) >= 11 is 0. The van der Waals surface area contributed by atoms with E-state index < -0.39 is 17.2 Å². The van der Waals surface area contributed by atoms with Gasteiger partial charge in [-0.25, -0.2) is 4.79 Å². The fourth-order valence-electron chi connectivity index (χ4n) is 1.34. The number of nitrogens with zero attached hydrogens (tertiary/aromatic N) is 1. The van der Waals surface area contributed by atoms with E-state index in [4.69, 9.17) is 5.11 Å². The molecule has 0 aliphatic heterocycles. The lowest BCUT2D eigenvalue weighted by molar-refractivity contribution is 0.191. The van der Waals surface area contributed by atoms with Gasteiger partial charge in [0.25, 0.3) is 11.1 Å². The molecule has 0 atom stereocenters. The van der Waals surface area contributed by atoms with Gasteiger partial charge in [-0.3, -0.25) is 14.7 Å². The third kappa shape index (κ3) is 1.32. The molecule has 1 heterocycles. The van der Waals surface area contributed by atoms with Crippen molar-refractivity contribution in [1.82, 2.24) is 9.78 Å². The van der Waals surface area contributed by atoms with Crippen molar-refractivity contribution in [2.45, 2.75) is 0 Å². The molecular formula is C9H6N2O4. The normalized spacial score (nSPS) is 10.4. The van der Waals surface area contributed by atoms with E-state index in [1.165, 1.54) is 12.1 Å². The van der Waals surface area contributed by atoms with Gasteiger partial charge in [0.2, 0.25) is 0 Å². The van der Waals surface area contributed by atoms with Crippen LogP contribution in [0, 0.1) is 0 Å². The van der Waals surface area contributed by atoms with Crippen LogP contribution in [0.25, 0.3) is 10.8 Å². The Bertz CT molecular complexity index is 653. The number of aromatic amines is 1. The summed E-state index contributed by atoms with van der Waals surface area (Å²) in [5, 5.41) is 10.9. The molecule has 76 valence electrons. The maximum Gasteiger partial charge on any atom is 0.433 e. The zero-order chi connectivity index (χ0) is 11.0. The predicted molar refractivity (Wildman–Crippen MR) is 52.3 cm³/mol. The summed E-state index contributed by atoms with van der Waals surface area (Å²) in [6.45, 7) is 0. The van der Waals surface area contributed by atoms with Crippen LogP contribution >= 0.6 is 0 Å². The summed E-state index contributed by atoms with van der Waals surface area (Å²) in [5.74, 6) is 0. The topological polar surface area (TPSA) is 92.2 Å². The number of fused-ring (bicyclic) bond motifs is 1. The van der Waals surface area contributed by atoms with Gasteiger partial charge in [-0.2, -0.15) is 0 Å². The van der Waals surface area contributed by atoms with Crippen molar-refractivity contribution in [2.24, 2.45) is 0 Å². The van der Waals surface area contributed by atoms with Crippen molar-refractivity contribution in [3.8, 4) is 0 Å². The third-order valence-electron chi connectivity index (χ3n) is 2.01. The van der Waals surface area contributed by atoms with Crippen LogP contribution in [0.1, 0.15) is 0 Å². The van der Waals surface area contributed by atoms with Crippen LogP contribution in [0.15, 0.2) is 33.9 Å². The van der Waals surface area contributed by atoms with Crippen molar-refractivity contribution >= 4 is 16.9 Å². The number of nitrogens with one attached hydrogen (secondary N) is 1. The van der Waals surface area contributed by atoms with Crippen LogP contribution in [-0.4, -0.2) is 21.0 Å². The Kier molecular flexibility index (Phi) is 1.89. The van der Waals surface area contributed by atoms with E-state index in [0.717, 1.165) is 0 Å². The second-order valence-corrected chi connectivity index (χ2v) is 2.91. The number of carboxylic acid groups (broad SMARTS) is 1. The molecule has 2 aromatic rings. The maximum absolute atomic E-state index is 11.5. The van der Waals surface area contributed by atoms with Crippen LogP contribution in [-0.2, 0) is 0 Å². The van der Waals surface area contributed by atoms with Gasteiger partial charge in [0, 0.05) is 0 Å². The molecule has 1 aromatic carbocycles. The first kappa shape index (κ1) is 9.20. The molecule has 15 heavy (non-hydrogen) atoms. The number of aromatic nitrogens is 2. The Hall–Kier alpha value is -2.37. The summed E-state index contributed by atoms with van der Waals surface area (Å²) in [6, 6.07) is 6.03. The number of H-pyrrole nitrogens is 1. The Morgan fingerprint density at radius 2 is 1.80 bits per heavy atom. The molecule has 0 radical (unpaired) electrons. The van der Waals surface area contributed by atoms with E-state index in [1.54, 1.807) is 12.1 Å². The molecular weight excluding hydrogens is 200 g/mol. The first-order valence-electron chi connectivity index (χ1n) is 4.08. The fourth-order valence-corrected chi connectivity index (χ4v) is 1.34. The molecule has 0 unspecified atom stereocenters. The van der Waals surface area contributed by atoms with Gasteiger partial charge < -0.3 is 5.11 Å². The van der Waals surface area contributed by atoms with Gasteiger partial charge >= 0.3 is 6.09 Å². The summed E-state index contributed by atoms with van der Waals surface area (Å²) in [5.41, 5.74) is -1.36. The lowest BCUT2D eigenvalue weighted by Gasteiger charge is -2.00. The first-order valence-corrected chi connectivity index (χ1v) is 4.08. The molecule has 0 spiro atoms. The molecule has 0 aliphatic rings.